The second kappa shape index (κ2) is 4.05. The van der Waals surface area contributed by atoms with Crippen LogP contribution in [0.4, 0.5) is 0 Å². The first-order valence-electron chi connectivity index (χ1n) is 4.06. The average Bonchev–Trinajstić information content (AvgIpc) is 2.14. The highest BCUT2D eigenvalue weighted by atomic mass is 31.2. The highest BCUT2D eigenvalue weighted by molar-refractivity contribution is 7.71. The van der Waals surface area contributed by atoms with Crippen LogP contribution in [0.5, 0.6) is 0 Å². The van der Waals surface area contributed by atoms with E-state index in [0.29, 0.717) is 0 Å². The molecule has 0 radical (unpaired) electrons. The summed E-state index contributed by atoms with van der Waals surface area (Å²) in [5.74, 6) is 0. The molecule has 7 nitrogen and oxygen atoms in total. The van der Waals surface area contributed by atoms with Gasteiger partial charge in [0.05, 0.1) is 0 Å². The van der Waals surface area contributed by atoms with E-state index in [4.69, 9.17) is 25.3 Å². The van der Waals surface area contributed by atoms with E-state index < -0.39 is 20.2 Å². The van der Waals surface area contributed by atoms with Crippen LogP contribution < -0.4 is 5.73 Å². The topological polar surface area (TPSA) is 141 Å². The van der Waals surface area contributed by atoms with Crippen LogP contribution >= 0.6 is 15.2 Å². The molecule has 0 aliphatic heterocycles. The Kier molecular flexibility index (Phi) is 3.43. The maximum Gasteiger partial charge on any atom is 0.362 e. The van der Waals surface area contributed by atoms with Crippen molar-refractivity contribution in [2.75, 3.05) is 0 Å². The molecule has 0 saturated carbocycles. The van der Waals surface area contributed by atoms with E-state index in [1.54, 1.807) is 0 Å². The number of rotatable bonds is 3. The lowest BCUT2D eigenvalue weighted by Gasteiger charge is -2.30. The van der Waals surface area contributed by atoms with Crippen molar-refractivity contribution in [2.24, 2.45) is 5.73 Å². The van der Waals surface area contributed by atoms with E-state index in [1.165, 1.54) is 18.2 Å². The van der Waals surface area contributed by atoms with Crippen molar-refractivity contribution in [3.63, 3.8) is 0 Å². The lowest BCUT2D eigenvalue weighted by atomic mass is 10.2. The SMILES string of the molecule is NC(c1ccccc1)(P(=O)(O)O)P(=O)(O)O. The van der Waals surface area contributed by atoms with Gasteiger partial charge in [0, 0.05) is 0 Å². The summed E-state index contributed by atoms with van der Waals surface area (Å²) in [5, 5.41) is -3.00. The molecule has 0 aliphatic rings. The number of nitrogens with two attached hydrogens (primary N) is 1. The molecule has 6 N–H and O–H groups in total. The second-order valence-electron chi connectivity index (χ2n) is 3.18. The van der Waals surface area contributed by atoms with Crippen LogP contribution in [0, 0.1) is 0 Å². The first-order valence-corrected chi connectivity index (χ1v) is 7.29. The molecular weight excluding hydrogens is 256 g/mol. The normalized spacial score (nSPS) is 13.8. The summed E-state index contributed by atoms with van der Waals surface area (Å²) in [7, 11) is -10.4. The summed E-state index contributed by atoms with van der Waals surface area (Å²) in [5.41, 5.74) is 4.94. The molecule has 1 rings (SSSR count). The van der Waals surface area contributed by atoms with Gasteiger partial charge in [0.1, 0.15) is 0 Å². The molecule has 0 fully saturated rings. The fourth-order valence-corrected chi connectivity index (χ4v) is 3.52. The third-order valence-corrected chi connectivity index (χ3v) is 5.94. The van der Waals surface area contributed by atoms with Crippen LogP contribution in [0.2, 0.25) is 0 Å². The van der Waals surface area contributed by atoms with Gasteiger partial charge in [-0.15, -0.1) is 0 Å². The number of hydrogen-bond acceptors (Lipinski definition) is 3. The van der Waals surface area contributed by atoms with Crippen molar-refractivity contribution in [1.29, 1.82) is 0 Å². The lowest BCUT2D eigenvalue weighted by Crippen LogP contribution is -2.36. The smallest absolute Gasteiger partial charge is 0.322 e. The third kappa shape index (κ3) is 2.12. The van der Waals surface area contributed by atoms with Crippen molar-refractivity contribution < 1.29 is 28.7 Å². The van der Waals surface area contributed by atoms with Gasteiger partial charge in [-0.05, 0) is 5.56 Å². The quantitative estimate of drug-likeness (QED) is 0.489. The largest absolute Gasteiger partial charge is 0.362 e. The van der Waals surface area contributed by atoms with E-state index in [9.17, 15) is 9.13 Å². The van der Waals surface area contributed by atoms with Gasteiger partial charge < -0.3 is 25.3 Å². The Hall–Kier alpha value is -0.520. The van der Waals surface area contributed by atoms with E-state index >= 15 is 0 Å². The van der Waals surface area contributed by atoms with Gasteiger partial charge in [0.15, 0.2) is 0 Å². The molecule has 0 spiro atoms. The van der Waals surface area contributed by atoms with Gasteiger partial charge in [-0.3, -0.25) is 9.13 Å². The third-order valence-electron chi connectivity index (χ3n) is 2.09. The first kappa shape index (κ1) is 13.5. The maximum absolute atomic E-state index is 11.2. The van der Waals surface area contributed by atoms with Crippen molar-refractivity contribution in [3.8, 4) is 0 Å². The van der Waals surface area contributed by atoms with Gasteiger partial charge in [-0.2, -0.15) is 0 Å². The number of hydrogen-bond donors (Lipinski definition) is 5. The Morgan fingerprint density at radius 3 is 1.62 bits per heavy atom. The Morgan fingerprint density at radius 1 is 0.938 bits per heavy atom. The minimum absolute atomic E-state index is 0.309. The Balaban J connectivity index is 3.52. The Morgan fingerprint density at radius 2 is 1.31 bits per heavy atom. The minimum atomic E-state index is -5.22. The van der Waals surface area contributed by atoms with Crippen LogP contribution in [-0.4, -0.2) is 19.6 Å². The molecule has 0 saturated heterocycles. The first-order chi connectivity index (χ1) is 7.11. The standard InChI is InChI=1S/C7H11NO6P2/c8-7(15(9,10)11,16(12,13)14)6-4-2-1-3-5-6/h1-5H,8H2,(H2,9,10,11)(H2,12,13,14). The Labute approximate surface area is 91.2 Å². The molecule has 0 aliphatic carbocycles. The molecule has 0 aromatic heterocycles. The monoisotopic (exact) mass is 267 g/mol. The van der Waals surface area contributed by atoms with Crippen LogP contribution in [-0.2, 0) is 14.2 Å². The zero-order valence-corrected chi connectivity index (χ0v) is 9.75. The molecule has 90 valence electrons. The molecular formula is C7H11NO6P2. The molecule has 0 bridgehead atoms. The van der Waals surface area contributed by atoms with Crippen LogP contribution in [0.25, 0.3) is 0 Å². The van der Waals surface area contributed by atoms with Gasteiger partial charge in [-0.25, -0.2) is 0 Å². The van der Waals surface area contributed by atoms with Gasteiger partial charge in [-0.1, -0.05) is 30.3 Å². The maximum atomic E-state index is 11.2. The van der Waals surface area contributed by atoms with E-state index in [0.717, 1.165) is 12.1 Å². The summed E-state index contributed by atoms with van der Waals surface area (Å²) in [4.78, 5) is 36.1. The lowest BCUT2D eigenvalue weighted by molar-refractivity contribution is 0.310. The molecule has 1 aromatic rings. The number of benzene rings is 1. The van der Waals surface area contributed by atoms with Gasteiger partial charge in [0.25, 0.3) is 0 Å². The zero-order chi connectivity index (χ0) is 12.6. The van der Waals surface area contributed by atoms with Crippen molar-refractivity contribution in [2.45, 2.75) is 5.02 Å². The van der Waals surface area contributed by atoms with Crippen molar-refractivity contribution in [3.05, 3.63) is 35.9 Å². The van der Waals surface area contributed by atoms with Crippen molar-refractivity contribution in [1.82, 2.24) is 0 Å². The van der Waals surface area contributed by atoms with Crippen LogP contribution in [0.15, 0.2) is 30.3 Å². The molecule has 0 unspecified atom stereocenters. The second-order valence-corrected chi connectivity index (χ2v) is 7.12. The summed E-state index contributed by atoms with van der Waals surface area (Å²) < 4.78 is 22.4. The van der Waals surface area contributed by atoms with E-state index in [-0.39, 0.29) is 5.56 Å². The molecule has 1 aromatic carbocycles. The predicted molar refractivity (Wildman–Crippen MR) is 56.4 cm³/mol. The van der Waals surface area contributed by atoms with E-state index in [2.05, 4.69) is 0 Å². The fraction of sp³-hybridized carbons (Fsp3) is 0.143. The molecule has 0 atom stereocenters. The van der Waals surface area contributed by atoms with Crippen LogP contribution in [0.1, 0.15) is 5.56 Å². The van der Waals surface area contributed by atoms with Gasteiger partial charge >= 0.3 is 15.2 Å². The fourth-order valence-electron chi connectivity index (χ4n) is 1.19. The molecule has 0 amide bonds. The van der Waals surface area contributed by atoms with E-state index in [1.807, 2.05) is 0 Å². The summed E-state index contributed by atoms with van der Waals surface area (Å²) >= 11 is 0. The van der Waals surface area contributed by atoms with Crippen molar-refractivity contribution >= 4 is 15.2 Å². The minimum Gasteiger partial charge on any atom is -0.322 e. The van der Waals surface area contributed by atoms with Crippen LogP contribution in [0.3, 0.4) is 0 Å². The highest BCUT2D eigenvalue weighted by Crippen LogP contribution is 2.71. The Bertz CT molecular complexity index is 441. The molecule has 0 heterocycles. The summed E-state index contributed by atoms with van der Waals surface area (Å²) in [6, 6.07) is 6.59. The molecule has 16 heavy (non-hydrogen) atoms. The zero-order valence-electron chi connectivity index (χ0n) is 7.96. The van der Waals surface area contributed by atoms with Gasteiger partial charge in [0.2, 0.25) is 5.02 Å². The summed E-state index contributed by atoms with van der Waals surface area (Å²) in [6.07, 6.45) is 0. The highest BCUT2D eigenvalue weighted by Gasteiger charge is 2.58. The molecule has 9 heteroatoms. The predicted octanol–water partition coefficient (Wildman–Crippen LogP) is 0.111. The summed E-state index contributed by atoms with van der Waals surface area (Å²) in [6.45, 7) is 0. The average molecular weight is 267 g/mol.